The van der Waals surface area contributed by atoms with Crippen molar-refractivity contribution < 1.29 is 9.90 Å². The fraction of sp³-hybridized carbons (Fsp3) is 0.600. The molecule has 4 nitrogen and oxygen atoms in total. The van der Waals surface area contributed by atoms with Gasteiger partial charge in [-0.2, -0.15) is 0 Å². The molecule has 0 saturated heterocycles. The summed E-state index contributed by atoms with van der Waals surface area (Å²) in [5, 5.41) is 14.1. The minimum absolute atomic E-state index is 0.208. The topological polar surface area (TPSA) is 62.2 Å². The van der Waals surface area contributed by atoms with Gasteiger partial charge in [0.2, 0.25) is 0 Å². The van der Waals surface area contributed by atoms with Crippen LogP contribution in [0.3, 0.4) is 0 Å². The highest BCUT2D eigenvalue weighted by Gasteiger charge is 2.33. The first-order chi connectivity index (χ1) is 7.48. The molecule has 2 N–H and O–H groups in total. The van der Waals surface area contributed by atoms with Crippen LogP contribution < -0.4 is 5.32 Å². The van der Waals surface area contributed by atoms with Gasteiger partial charge in [0.15, 0.2) is 0 Å². The lowest BCUT2D eigenvalue weighted by molar-refractivity contribution is -0.144. The Kier molecular flexibility index (Phi) is 4.76. The third-order valence-electron chi connectivity index (χ3n) is 2.43. The van der Waals surface area contributed by atoms with Crippen molar-refractivity contribution in [2.75, 3.05) is 7.05 Å². The summed E-state index contributed by atoms with van der Waals surface area (Å²) < 4.78 is 0.983. The van der Waals surface area contributed by atoms with Gasteiger partial charge in [0.05, 0.1) is 0 Å². The molecule has 1 aromatic rings. The minimum Gasteiger partial charge on any atom is -0.480 e. The summed E-state index contributed by atoms with van der Waals surface area (Å²) in [6, 6.07) is 0. The molecule has 6 heteroatoms. The van der Waals surface area contributed by atoms with Crippen LogP contribution in [0.25, 0.3) is 0 Å². The van der Waals surface area contributed by atoms with Gasteiger partial charge in [-0.1, -0.05) is 18.7 Å². The Bertz CT molecular complexity index is 343. The molecule has 0 bridgehead atoms. The van der Waals surface area contributed by atoms with E-state index in [4.69, 9.17) is 5.11 Å². The number of nitrogens with one attached hydrogen (secondary N) is 1. The molecule has 0 aromatic carbocycles. The van der Waals surface area contributed by atoms with Crippen molar-refractivity contribution >= 4 is 29.1 Å². The van der Waals surface area contributed by atoms with Gasteiger partial charge in [0.1, 0.15) is 9.88 Å². The van der Waals surface area contributed by atoms with Crippen molar-refractivity contribution in [3.63, 3.8) is 0 Å². The summed E-state index contributed by atoms with van der Waals surface area (Å²) in [6.07, 6.45) is 2.32. The van der Waals surface area contributed by atoms with E-state index in [9.17, 15) is 4.79 Å². The zero-order valence-electron chi connectivity index (χ0n) is 9.56. The predicted molar refractivity (Wildman–Crippen MR) is 67.2 cm³/mol. The number of carboxylic acids is 1. The van der Waals surface area contributed by atoms with E-state index in [1.165, 1.54) is 0 Å². The van der Waals surface area contributed by atoms with E-state index in [1.54, 1.807) is 43.3 Å². The van der Waals surface area contributed by atoms with Crippen LogP contribution in [0.15, 0.2) is 15.9 Å². The van der Waals surface area contributed by atoms with E-state index in [1.807, 2.05) is 12.3 Å². The van der Waals surface area contributed by atoms with Gasteiger partial charge in [0.25, 0.3) is 0 Å². The number of nitrogens with zero attached hydrogens (tertiary/aromatic N) is 1. The quantitative estimate of drug-likeness (QED) is 0.767. The van der Waals surface area contributed by atoms with Gasteiger partial charge in [0, 0.05) is 16.8 Å². The maximum Gasteiger partial charge on any atom is 0.323 e. The second-order valence-corrected chi connectivity index (χ2v) is 6.40. The van der Waals surface area contributed by atoms with Gasteiger partial charge in [-0.3, -0.25) is 4.79 Å². The van der Waals surface area contributed by atoms with Crippen molar-refractivity contribution in [1.82, 2.24) is 10.3 Å². The first kappa shape index (κ1) is 13.5. The smallest absolute Gasteiger partial charge is 0.323 e. The maximum atomic E-state index is 11.1. The molecule has 1 rings (SSSR count). The number of hydrogen-bond acceptors (Lipinski definition) is 5. The van der Waals surface area contributed by atoms with Crippen LogP contribution in [0.4, 0.5) is 0 Å². The number of rotatable bonds is 6. The Morgan fingerprint density at radius 2 is 2.50 bits per heavy atom. The SMILES string of the molecule is CNC(C)(CC(C)Sc1nccs1)C(=O)O. The lowest BCUT2D eigenvalue weighted by Crippen LogP contribution is -2.49. The van der Waals surface area contributed by atoms with Crippen molar-refractivity contribution in [2.24, 2.45) is 0 Å². The standard InChI is InChI=1S/C10H16N2O2S2/c1-7(16-9-12-4-5-15-9)6-10(2,11-3)8(13)14/h4-5,7,11H,6H2,1-3H3,(H,13,14). The van der Waals surface area contributed by atoms with E-state index in [-0.39, 0.29) is 5.25 Å². The number of likely N-dealkylation sites (N-methyl/N-ethyl adjacent to an activating group) is 1. The summed E-state index contributed by atoms with van der Waals surface area (Å²) >= 11 is 3.19. The molecule has 0 amide bonds. The monoisotopic (exact) mass is 260 g/mol. The van der Waals surface area contributed by atoms with Gasteiger partial charge in [-0.15, -0.1) is 11.3 Å². The normalized spacial score (nSPS) is 16.7. The average Bonchev–Trinajstić information content (AvgIpc) is 2.69. The first-order valence-corrected chi connectivity index (χ1v) is 6.72. The summed E-state index contributed by atoms with van der Waals surface area (Å²) in [6.45, 7) is 3.72. The van der Waals surface area contributed by atoms with Crippen LogP contribution in [-0.4, -0.2) is 33.9 Å². The molecule has 1 aromatic heterocycles. The molecule has 1 heterocycles. The van der Waals surface area contributed by atoms with E-state index in [0.717, 1.165) is 4.34 Å². The average molecular weight is 260 g/mol. The second-order valence-electron chi connectivity index (χ2n) is 3.82. The number of thioether (sulfide) groups is 1. The maximum absolute atomic E-state index is 11.1. The van der Waals surface area contributed by atoms with Crippen LogP contribution in [0.2, 0.25) is 0 Å². The Hall–Kier alpha value is -0.590. The summed E-state index contributed by atoms with van der Waals surface area (Å²) in [7, 11) is 1.68. The number of carbonyl (C=O) groups is 1. The molecule has 2 atom stereocenters. The van der Waals surface area contributed by atoms with Crippen LogP contribution >= 0.6 is 23.1 Å². The lowest BCUT2D eigenvalue weighted by atomic mass is 9.97. The molecule has 2 unspecified atom stereocenters. The highest BCUT2D eigenvalue weighted by molar-refractivity contribution is 8.01. The number of carboxylic acid groups (broad SMARTS) is 1. The lowest BCUT2D eigenvalue weighted by Gasteiger charge is -2.26. The molecule has 0 fully saturated rings. The third-order valence-corrected chi connectivity index (χ3v) is 4.45. The number of thiazole rings is 1. The fourth-order valence-corrected chi connectivity index (χ4v) is 3.48. The number of aromatic nitrogens is 1. The molecule has 0 aliphatic carbocycles. The third kappa shape index (κ3) is 3.47. The van der Waals surface area contributed by atoms with Gasteiger partial charge >= 0.3 is 5.97 Å². The van der Waals surface area contributed by atoms with Gasteiger partial charge in [-0.05, 0) is 20.4 Å². The first-order valence-electron chi connectivity index (χ1n) is 4.96. The summed E-state index contributed by atoms with van der Waals surface area (Å²) in [5.41, 5.74) is -0.871. The molecule has 0 aliphatic rings. The van der Waals surface area contributed by atoms with Crippen LogP contribution in [-0.2, 0) is 4.79 Å². The zero-order chi connectivity index (χ0) is 12.2. The molecular formula is C10H16N2O2S2. The largest absolute Gasteiger partial charge is 0.480 e. The molecule has 0 spiro atoms. The Labute approximate surface area is 103 Å². The fourth-order valence-electron chi connectivity index (χ4n) is 1.35. The molecule has 0 radical (unpaired) electrons. The van der Waals surface area contributed by atoms with Gasteiger partial charge in [-0.25, -0.2) is 4.98 Å². The Balaban J connectivity index is 2.56. The van der Waals surface area contributed by atoms with Crippen molar-refractivity contribution in [3.05, 3.63) is 11.6 Å². The van der Waals surface area contributed by atoms with Crippen LogP contribution in [0.1, 0.15) is 20.3 Å². The van der Waals surface area contributed by atoms with Crippen molar-refractivity contribution in [3.8, 4) is 0 Å². The predicted octanol–water partition coefficient (Wildman–Crippen LogP) is 2.08. The summed E-state index contributed by atoms with van der Waals surface area (Å²) in [4.78, 5) is 15.3. The van der Waals surface area contributed by atoms with E-state index < -0.39 is 11.5 Å². The van der Waals surface area contributed by atoms with Gasteiger partial charge < -0.3 is 10.4 Å². The van der Waals surface area contributed by atoms with E-state index in [2.05, 4.69) is 10.3 Å². The minimum atomic E-state index is -0.871. The number of hydrogen-bond donors (Lipinski definition) is 2. The number of aliphatic carboxylic acids is 1. The molecular weight excluding hydrogens is 244 g/mol. The summed E-state index contributed by atoms with van der Waals surface area (Å²) in [5.74, 6) is -0.818. The molecule has 16 heavy (non-hydrogen) atoms. The van der Waals surface area contributed by atoms with Crippen LogP contribution in [0, 0.1) is 0 Å². The van der Waals surface area contributed by atoms with E-state index >= 15 is 0 Å². The molecule has 0 saturated carbocycles. The highest BCUT2D eigenvalue weighted by atomic mass is 32.2. The van der Waals surface area contributed by atoms with Crippen molar-refractivity contribution in [2.45, 2.75) is 35.4 Å². The zero-order valence-corrected chi connectivity index (χ0v) is 11.2. The Morgan fingerprint density at radius 1 is 1.81 bits per heavy atom. The Morgan fingerprint density at radius 3 is 2.94 bits per heavy atom. The van der Waals surface area contributed by atoms with Crippen LogP contribution in [0.5, 0.6) is 0 Å². The highest BCUT2D eigenvalue weighted by Crippen LogP contribution is 2.29. The molecule has 0 aliphatic heterocycles. The second kappa shape index (κ2) is 5.65. The van der Waals surface area contributed by atoms with E-state index in [0.29, 0.717) is 6.42 Å². The molecule has 90 valence electrons. The van der Waals surface area contributed by atoms with Crippen molar-refractivity contribution in [1.29, 1.82) is 0 Å².